The summed E-state index contributed by atoms with van der Waals surface area (Å²) in [5, 5.41) is 9.31. The van der Waals surface area contributed by atoms with Crippen LogP contribution < -0.4 is 14.5 Å². The number of nitrogens with zero attached hydrogens (tertiary/aromatic N) is 3. The van der Waals surface area contributed by atoms with Gasteiger partial charge in [0, 0.05) is 50.8 Å². The fourth-order valence-corrected chi connectivity index (χ4v) is 7.50. The minimum absolute atomic E-state index is 0.642. The van der Waals surface area contributed by atoms with Gasteiger partial charge in [-0.25, -0.2) is 0 Å². The van der Waals surface area contributed by atoms with Gasteiger partial charge in [-0.05, 0) is 114 Å². The molecule has 0 atom stereocenters. The van der Waals surface area contributed by atoms with Crippen molar-refractivity contribution in [3.8, 4) is 22.9 Å². The van der Waals surface area contributed by atoms with E-state index in [9.17, 15) is 5.26 Å². The number of ether oxygens (including phenoxy) is 1. The number of anilines is 6. The normalized spacial score (nSPS) is 12.5. The van der Waals surface area contributed by atoms with E-state index in [1.54, 1.807) is 0 Å². The number of fused-ring (bicyclic) bond motifs is 1. The minimum atomic E-state index is -0.908. The number of hydrogen-bond donors (Lipinski definition) is 0. The maximum Gasteiger partial charge on any atom is 0.178 e. The third-order valence-electron chi connectivity index (χ3n) is 10.3. The molecule has 0 saturated heterocycles. The molecule has 266 valence electrons. The number of rotatable bonds is 9. The molecule has 0 spiro atoms. The largest absolute Gasteiger partial charge is 0.473 e. The van der Waals surface area contributed by atoms with E-state index in [1.807, 2.05) is 48.5 Å². The molecule has 8 aromatic carbocycles. The first-order chi connectivity index (χ1) is 27.7. The molecule has 4 heteroatoms. The summed E-state index contributed by atoms with van der Waals surface area (Å²) >= 11 is 0. The van der Waals surface area contributed by atoms with E-state index in [-0.39, 0.29) is 0 Å². The Morgan fingerprint density at radius 1 is 0.411 bits per heavy atom. The van der Waals surface area contributed by atoms with Crippen molar-refractivity contribution in [2.75, 3.05) is 9.80 Å². The summed E-state index contributed by atoms with van der Waals surface area (Å²) in [4.78, 5) is 4.54. The summed E-state index contributed by atoms with van der Waals surface area (Å²) < 4.78 is 7.20. The first kappa shape index (κ1) is 34.2. The SMILES string of the molecule is N#Cc1ccc(-c2ccc3c(c2)C=CC(c2ccc(N(c4ccccc4)c4ccccc4)cc2)(c2ccc(N(c4ccccc4)c4ccccc4)cc2)O3)cc1. The third-order valence-corrected chi connectivity index (χ3v) is 10.3. The summed E-state index contributed by atoms with van der Waals surface area (Å²) in [5.41, 5.74) is 11.3. The van der Waals surface area contributed by atoms with Gasteiger partial charge in [0.2, 0.25) is 0 Å². The quantitative estimate of drug-likeness (QED) is 0.149. The molecule has 1 aliphatic heterocycles. The van der Waals surface area contributed by atoms with Crippen molar-refractivity contribution in [1.82, 2.24) is 0 Å². The van der Waals surface area contributed by atoms with Crippen molar-refractivity contribution in [1.29, 1.82) is 5.26 Å². The lowest BCUT2D eigenvalue weighted by atomic mass is 9.83. The molecule has 56 heavy (non-hydrogen) atoms. The first-order valence-electron chi connectivity index (χ1n) is 18.7. The lowest BCUT2D eigenvalue weighted by Crippen LogP contribution is -2.34. The Balaban J connectivity index is 1.14. The Morgan fingerprint density at radius 2 is 0.804 bits per heavy atom. The van der Waals surface area contributed by atoms with Gasteiger partial charge in [-0.15, -0.1) is 0 Å². The van der Waals surface area contributed by atoms with Gasteiger partial charge < -0.3 is 14.5 Å². The summed E-state index contributed by atoms with van der Waals surface area (Å²) in [6, 6.07) is 75.4. The molecular formula is C52H37N3O. The van der Waals surface area contributed by atoms with Gasteiger partial charge in [0.25, 0.3) is 0 Å². The van der Waals surface area contributed by atoms with Gasteiger partial charge in [0.1, 0.15) is 5.75 Å². The van der Waals surface area contributed by atoms with Crippen LogP contribution in [0, 0.1) is 11.3 Å². The van der Waals surface area contributed by atoms with Crippen molar-refractivity contribution in [2.24, 2.45) is 0 Å². The number of benzene rings is 8. The van der Waals surface area contributed by atoms with E-state index in [2.05, 4.69) is 192 Å². The van der Waals surface area contributed by atoms with Crippen LogP contribution in [0.2, 0.25) is 0 Å². The fourth-order valence-electron chi connectivity index (χ4n) is 7.50. The first-order valence-corrected chi connectivity index (χ1v) is 18.7. The van der Waals surface area contributed by atoms with Crippen LogP contribution >= 0.6 is 0 Å². The van der Waals surface area contributed by atoms with Crippen molar-refractivity contribution < 1.29 is 4.74 Å². The highest BCUT2D eigenvalue weighted by atomic mass is 16.5. The van der Waals surface area contributed by atoms with Crippen LogP contribution in [0.25, 0.3) is 17.2 Å². The van der Waals surface area contributed by atoms with E-state index in [0.717, 1.165) is 67.7 Å². The summed E-state index contributed by atoms with van der Waals surface area (Å²) in [5.74, 6) is 0.795. The molecule has 0 bridgehead atoms. The Kier molecular flexibility index (Phi) is 9.17. The third kappa shape index (κ3) is 6.59. The second-order valence-corrected chi connectivity index (χ2v) is 13.7. The lowest BCUT2D eigenvalue weighted by Gasteiger charge is -2.37. The van der Waals surface area contributed by atoms with E-state index in [0.29, 0.717) is 5.56 Å². The van der Waals surface area contributed by atoms with Crippen LogP contribution in [0.4, 0.5) is 34.1 Å². The van der Waals surface area contributed by atoms with Gasteiger partial charge in [0.15, 0.2) is 5.60 Å². The Morgan fingerprint density at radius 3 is 1.21 bits per heavy atom. The molecule has 8 aromatic rings. The minimum Gasteiger partial charge on any atom is -0.473 e. The molecule has 1 heterocycles. The van der Waals surface area contributed by atoms with Gasteiger partial charge in [-0.3, -0.25) is 0 Å². The Bertz CT molecular complexity index is 2430. The number of para-hydroxylation sites is 4. The average Bonchev–Trinajstić information content (AvgIpc) is 3.28. The summed E-state index contributed by atoms with van der Waals surface area (Å²) in [6.07, 6.45) is 4.36. The molecular weight excluding hydrogens is 683 g/mol. The van der Waals surface area contributed by atoms with E-state index < -0.39 is 5.60 Å². The maximum absolute atomic E-state index is 9.31. The van der Waals surface area contributed by atoms with Crippen LogP contribution in [-0.4, -0.2) is 0 Å². The van der Waals surface area contributed by atoms with E-state index in [1.165, 1.54) is 0 Å². The summed E-state index contributed by atoms with van der Waals surface area (Å²) in [6.45, 7) is 0. The smallest absolute Gasteiger partial charge is 0.178 e. The highest BCUT2D eigenvalue weighted by molar-refractivity contribution is 5.79. The number of nitriles is 1. The number of hydrogen-bond acceptors (Lipinski definition) is 4. The second-order valence-electron chi connectivity index (χ2n) is 13.7. The van der Waals surface area contributed by atoms with Crippen molar-refractivity contribution >= 4 is 40.2 Å². The Hall–Kier alpha value is -7.61. The van der Waals surface area contributed by atoms with Gasteiger partial charge >= 0.3 is 0 Å². The van der Waals surface area contributed by atoms with E-state index >= 15 is 0 Å². The molecule has 0 saturated carbocycles. The van der Waals surface area contributed by atoms with Crippen LogP contribution in [-0.2, 0) is 5.60 Å². The van der Waals surface area contributed by atoms with Crippen LogP contribution in [0.3, 0.4) is 0 Å². The molecule has 0 unspecified atom stereocenters. The molecule has 4 nitrogen and oxygen atoms in total. The molecule has 0 radical (unpaired) electrons. The second kappa shape index (κ2) is 15.0. The predicted molar refractivity (Wildman–Crippen MR) is 229 cm³/mol. The Labute approximate surface area is 328 Å². The van der Waals surface area contributed by atoms with Gasteiger partial charge in [-0.2, -0.15) is 5.26 Å². The zero-order valence-electron chi connectivity index (χ0n) is 30.6. The molecule has 0 fully saturated rings. The highest BCUT2D eigenvalue weighted by Crippen LogP contribution is 2.45. The zero-order chi connectivity index (χ0) is 37.7. The zero-order valence-corrected chi connectivity index (χ0v) is 30.6. The molecule has 0 N–H and O–H groups in total. The van der Waals surface area contributed by atoms with Gasteiger partial charge in [-0.1, -0.05) is 121 Å². The van der Waals surface area contributed by atoms with Crippen LogP contribution in [0.15, 0.2) is 218 Å². The molecule has 0 amide bonds. The van der Waals surface area contributed by atoms with Crippen LogP contribution in [0.5, 0.6) is 5.75 Å². The lowest BCUT2D eigenvalue weighted by molar-refractivity contribution is 0.161. The van der Waals surface area contributed by atoms with Crippen LogP contribution in [0.1, 0.15) is 22.3 Å². The molecule has 1 aliphatic rings. The standard InChI is InChI=1S/C52H37N3O/c53-38-39-21-23-40(24-22-39)41-25-34-51-42(37-41)35-36-52(56-51,43-26-30-49(31-27-43)54(45-13-5-1-6-14-45)46-15-7-2-8-16-46)44-28-32-50(33-29-44)55(47-17-9-3-10-18-47)48-19-11-4-12-20-48/h1-37H. The molecule has 9 rings (SSSR count). The highest BCUT2D eigenvalue weighted by Gasteiger charge is 2.37. The maximum atomic E-state index is 9.31. The topological polar surface area (TPSA) is 39.5 Å². The van der Waals surface area contributed by atoms with Gasteiger partial charge in [0.05, 0.1) is 11.6 Å². The van der Waals surface area contributed by atoms with Crippen molar-refractivity contribution in [2.45, 2.75) is 5.60 Å². The predicted octanol–water partition coefficient (Wildman–Crippen LogP) is 13.5. The van der Waals surface area contributed by atoms with E-state index in [4.69, 9.17) is 4.74 Å². The molecule has 0 aliphatic carbocycles. The fraction of sp³-hybridized carbons (Fsp3) is 0.0192. The van der Waals surface area contributed by atoms with Crippen molar-refractivity contribution in [3.63, 3.8) is 0 Å². The van der Waals surface area contributed by atoms with Crippen molar-refractivity contribution in [3.05, 3.63) is 241 Å². The monoisotopic (exact) mass is 719 g/mol. The molecule has 0 aromatic heterocycles. The summed E-state index contributed by atoms with van der Waals surface area (Å²) in [7, 11) is 0. The average molecular weight is 720 g/mol.